The number of nitrogens with one attached hydrogen (secondary N) is 1. The first kappa shape index (κ1) is 15.9. The minimum Gasteiger partial charge on any atom is -0.491 e. The molecular formula is C16H16Cl2FNO. The van der Waals surface area contributed by atoms with Gasteiger partial charge in [0, 0.05) is 16.6 Å². The van der Waals surface area contributed by atoms with Crippen molar-refractivity contribution in [2.75, 3.05) is 11.9 Å². The molecule has 2 rings (SSSR count). The first-order valence-corrected chi connectivity index (χ1v) is 7.46. The van der Waals surface area contributed by atoms with Crippen LogP contribution in [0, 0.1) is 5.82 Å². The Morgan fingerprint density at radius 2 is 1.95 bits per heavy atom. The summed E-state index contributed by atoms with van der Waals surface area (Å²) in [7, 11) is 0. The van der Waals surface area contributed by atoms with Gasteiger partial charge in [0.1, 0.15) is 11.6 Å². The summed E-state index contributed by atoms with van der Waals surface area (Å²) in [5.41, 5.74) is 1.59. The maximum atomic E-state index is 13.0. The molecule has 5 heteroatoms. The van der Waals surface area contributed by atoms with Crippen LogP contribution >= 0.6 is 23.2 Å². The van der Waals surface area contributed by atoms with E-state index in [9.17, 15) is 4.39 Å². The normalized spacial score (nSPS) is 10.5. The van der Waals surface area contributed by atoms with E-state index in [2.05, 4.69) is 5.32 Å². The van der Waals surface area contributed by atoms with Gasteiger partial charge in [0.25, 0.3) is 0 Å². The van der Waals surface area contributed by atoms with Gasteiger partial charge in [0.05, 0.1) is 12.3 Å². The number of ether oxygens (including phenoxy) is 1. The highest BCUT2D eigenvalue weighted by Crippen LogP contribution is 2.29. The van der Waals surface area contributed by atoms with Crippen LogP contribution in [0.4, 0.5) is 10.1 Å². The highest BCUT2D eigenvalue weighted by atomic mass is 35.5. The molecule has 0 aromatic heterocycles. The molecule has 0 amide bonds. The zero-order valence-electron chi connectivity index (χ0n) is 11.6. The van der Waals surface area contributed by atoms with Gasteiger partial charge in [0.2, 0.25) is 0 Å². The Hall–Kier alpha value is -1.45. The number of anilines is 1. The van der Waals surface area contributed by atoms with E-state index in [-0.39, 0.29) is 5.82 Å². The van der Waals surface area contributed by atoms with Crippen molar-refractivity contribution >= 4 is 28.9 Å². The molecule has 0 aliphatic rings. The molecule has 0 fully saturated rings. The van der Waals surface area contributed by atoms with Gasteiger partial charge < -0.3 is 10.1 Å². The summed E-state index contributed by atoms with van der Waals surface area (Å²) in [5.74, 6) is 0.387. The summed E-state index contributed by atoms with van der Waals surface area (Å²) < 4.78 is 18.7. The third-order valence-electron chi connectivity index (χ3n) is 2.89. The lowest BCUT2D eigenvalue weighted by atomic mass is 10.2. The van der Waals surface area contributed by atoms with Gasteiger partial charge in [-0.25, -0.2) is 4.39 Å². The molecule has 0 heterocycles. The maximum absolute atomic E-state index is 13.0. The fourth-order valence-corrected chi connectivity index (χ4v) is 2.24. The molecule has 2 nitrogen and oxygen atoms in total. The molecule has 0 bridgehead atoms. The van der Waals surface area contributed by atoms with E-state index in [0.717, 1.165) is 23.4 Å². The Kier molecular flexibility index (Phi) is 5.71. The van der Waals surface area contributed by atoms with Crippen LogP contribution in [-0.4, -0.2) is 6.61 Å². The number of rotatable bonds is 6. The van der Waals surface area contributed by atoms with Crippen LogP contribution in [0.25, 0.3) is 0 Å². The van der Waals surface area contributed by atoms with Gasteiger partial charge in [-0.2, -0.15) is 0 Å². The molecule has 0 unspecified atom stereocenters. The predicted molar refractivity (Wildman–Crippen MR) is 86.0 cm³/mol. The van der Waals surface area contributed by atoms with Crippen molar-refractivity contribution in [3.8, 4) is 5.75 Å². The fourth-order valence-electron chi connectivity index (χ4n) is 1.83. The van der Waals surface area contributed by atoms with Gasteiger partial charge in [-0.05, 0) is 42.3 Å². The molecule has 2 aromatic carbocycles. The van der Waals surface area contributed by atoms with Crippen LogP contribution in [0.1, 0.15) is 18.9 Å². The van der Waals surface area contributed by atoms with Crippen molar-refractivity contribution in [1.29, 1.82) is 0 Å². The Morgan fingerprint density at radius 3 is 2.67 bits per heavy atom. The molecule has 0 saturated carbocycles. The van der Waals surface area contributed by atoms with E-state index in [1.807, 2.05) is 13.0 Å². The first-order chi connectivity index (χ1) is 10.1. The Bertz CT molecular complexity index is 619. The zero-order valence-corrected chi connectivity index (χ0v) is 13.1. The average molecular weight is 328 g/mol. The monoisotopic (exact) mass is 327 g/mol. The SMILES string of the molecule is CCCOc1ccc(Cl)cc1NCc1ccc(F)cc1Cl. The lowest BCUT2D eigenvalue weighted by molar-refractivity contribution is 0.319. The van der Waals surface area contributed by atoms with E-state index in [1.165, 1.54) is 12.1 Å². The zero-order chi connectivity index (χ0) is 15.2. The van der Waals surface area contributed by atoms with Crippen molar-refractivity contribution in [2.45, 2.75) is 19.9 Å². The van der Waals surface area contributed by atoms with Crippen molar-refractivity contribution in [3.05, 3.63) is 57.8 Å². The maximum Gasteiger partial charge on any atom is 0.142 e. The smallest absolute Gasteiger partial charge is 0.142 e. The molecular weight excluding hydrogens is 312 g/mol. The number of benzene rings is 2. The van der Waals surface area contributed by atoms with E-state index < -0.39 is 0 Å². The van der Waals surface area contributed by atoms with Gasteiger partial charge in [0.15, 0.2) is 0 Å². The Morgan fingerprint density at radius 1 is 1.14 bits per heavy atom. The standard InChI is InChI=1S/C16H16Cl2FNO/c1-2-7-21-16-6-4-12(17)8-15(16)20-10-11-3-5-13(19)9-14(11)18/h3-6,8-9,20H,2,7,10H2,1H3. The minimum atomic E-state index is -0.349. The Labute approximate surface area is 133 Å². The highest BCUT2D eigenvalue weighted by Gasteiger charge is 2.07. The molecule has 112 valence electrons. The van der Waals surface area contributed by atoms with Gasteiger partial charge in [-0.3, -0.25) is 0 Å². The van der Waals surface area contributed by atoms with Crippen molar-refractivity contribution in [2.24, 2.45) is 0 Å². The largest absolute Gasteiger partial charge is 0.491 e. The fraction of sp³-hybridized carbons (Fsp3) is 0.250. The molecule has 0 atom stereocenters. The van der Waals surface area contributed by atoms with Crippen molar-refractivity contribution in [3.63, 3.8) is 0 Å². The second kappa shape index (κ2) is 7.53. The van der Waals surface area contributed by atoms with E-state index in [4.69, 9.17) is 27.9 Å². The molecule has 1 N–H and O–H groups in total. The molecule has 2 aromatic rings. The number of hydrogen-bond donors (Lipinski definition) is 1. The van der Waals surface area contributed by atoms with Gasteiger partial charge in [-0.1, -0.05) is 36.2 Å². The predicted octanol–water partition coefficient (Wildman–Crippen LogP) is 5.53. The van der Waals surface area contributed by atoms with E-state index in [1.54, 1.807) is 18.2 Å². The lowest BCUT2D eigenvalue weighted by Gasteiger charge is -2.14. The summed E-state index contributed by atoms with van der Waals surface area (Å²) in [6.07, 6.45) is 0.922. The minimum absolute atomic E-state index is 0.349. The van der Waals surface area contributed by atoms with Crippen molar-refractivity contribution in [1.82, 2.24) is 0 Å². The molecule has 21 heavy (non-hydrogen) atoms. The molecule has 0 spiro atoms. The molecule has 0 aliphatic heterocycles. The number of hydrogen-bond acceptors (Lipinski definition) is 2. The third kappa shape index (κ3) is 4.51. The van der Waals surface area contributed by atoms with Crippen LogP contribution < -0.4 is 10.1 Å². The summed E-state index contributed by atoms with van der Waals surface area (Å²) in [6, 6.07) is 9.74. The molecule has 0 saturated heterocycles. The van der Waals surface area contributed by atoms with Crippen LogP contribution in [0.5, 0.6) is 5.75 Å². The molecule has 0 radical (unpaired) electrons. The summed E-state index contributed by atoms with van der Waals surface area (Å²) >= 11 is 12.0. The summed E-state index contributed by atoms with van der Waals surface area (Å²) in [5, 5.41) is 4.23. The highest BCUT2D eigenvalue weighted by molar-refractivity contribution is 6.31. The summed E-state index contributed by atoms with van der Waals surface area (Å²) in [6.45, 7) is 3.14. The van der Waals surface area contributed by atoms with Crippen LogP contribution in [0.15, 0.2) is 36.4 Å². The lowest BCUT2D eigenvalue weighted by Crippen LogP contribution is -2.04. The first-order valence-electron chi connectivity index (χ1n) is 6.70. The van der Waals surface area contributed by atoms with Crippen LogP contribution in [0.2, 0.25) is 10.0 Å². The molecule has 0 aliphatic carbocycles. The second-order valence-corrected chi connectivity index (χ2v) is 5.42. The summed E-state index contributed by atoms with van der Waals surface area (Å²) in [4.78, 5) is 0. The van der Waals surface area contributed by atoms with E-state index >= 15 is 0 Å². The number of halogens is 3. The third-order valence-corrected chi connectivity index (χ3v) is 3.47. The average Bonchev–Trinajstić information content (AvgIpc) is 2.45. The van der Waals surface area contributed by atoms with Crippen LogP contribution in [-0.2, 0) is 6.54 Å². The van der Waals surface area contributed by atoms with Crippen molar-refractivity contribution < 1.29 is 9.13 Å². The quantitative estimate of drug-likeness (QED) is 0.752. The van der Waals surface area contributed by atoms with Gasteiger partial charge in [-0.15, -0.1) is 0 Å². The Balaban J connectivity index is 2.12. The second-order valence-electron chi connectivity index (χ2n) is 4.58. The van der Waals surface area contributed by atoms with E-state index in [0.29, 0.717) is 23.2 Å². The van der Waals surface area contributed by atoms with Gasteiger partial charge >= 0.3 is 0 Å². The topological polar surface area (TPSA) is 21.3 Å². The van der Waals surface area contributed by atoms with Crippen LogP contribution in [0.3, 0.4) is 0 Å².